The van der Waals surface area contributed by atoms with Crippen LogP contribution in [0.2, 0.25) is 5.02 Å². The number of benzene rings is 2. The summed E-state index contributed by atoms with van der Waals surface area (Å²) in [6, 6.07) is 14.8. The minimum absolute atomic E-state index is 0.197. The highest BCUT2D eigenvalue weighted by molar-refractivity contribution is 6.35. The van der Waals surface area contributed by atoms with Gasteiger partial charge in [-0.1, -0.05) is 47.1 Å². The number of rotatable bonds is 3. The lowest BCUT2D eigenvalue weighted by Gasteiger charge is -2.07. The summed E-state index contributed by atoms with van der Waals surface area (Å²) in [5.41, 5.74) is 2.48. The average molecular weight is 298 g/mol. The molecule has 0 aliphatic rings. The van der Waals surface area contributed by atoms with Gasteiger partial charge in [-0.15, -0.1) is 5.10 Å². The average Bonchev–Trinajstić information content (AvgIpc) is 3.00. The van der Waals surface area contributed by atoms with Crippen molar-refractivity contribution in [1.82, 2.24) is 15.0 Å². The summed E-state index contributed by atoms with van der Waals surface area (Å²) in [5.74, 6) is -0.197. The number of carbonyl (C=O) groups is 1. The van der Waals surface area contributed by atoms with Crippen molar-refractivity contribution in [1.29, 1.82) is 0 Å². The van der Waals surface area contributed by atoms with Gasteiger partial charge in [-0.05, 0) is 30.7 Å². The molecule has 0 radical (unpaired) electrons. The number of nitrogens with zero attached hydrogens (tertiary/aromatic N) is 3. The number of carbonyl (C=O) groups excluding carboxylic acids is 1. The maximum atomic E-state index is 12.7. The normalized spacial score (nSPS) is 10.6. The molecule has 2 aromatic carbocycles. The van der Waals surface area contributed by atoms with Crippen molar-refractivity contribution in [2.45, 2.75) is 6.92 Å². The van der Waals surface area contributed by atoms with E-state index in [4.69, 9.17) is 11.6 Å². The predicted molar refractivity (Wildman–Crippen MR) is 81.0 cm³/mol. The lowest BCUT2D eigenvalue weighted by Crippen LogP contribution is -2.10. The molecule has 0 atom stereocenters. The largest absolute Gasteiger partial charge is 0.287 e. The van der Waals surface area contributed by atoms with Crippen molar-refractivity contribution in [3.05, 3.63) is 76.6 Å². The molecule has 5 heteroatoms. The zero-order valence-electron chi connectivity index (χ0n) is 11.3. The molecular weight excluding hydrogens is 286 g/mol. The zero-order valence-corrected chi connectivity index (χ0v) is 12.1. The highest BCUT2D eigenvalue weighted by atomic mass is 35.5. The van der Waals surface area contributed by atoms with Crippen molar-refractivity contribution in [3.8, 4) is 5.69 Å². The number of aromatic nitrogens is 3. The monoisotopic (exact) mass is 297 g/mol. The van der Waals surface area contributed by atoms with E-state index in [1.165, 1.54) is 10.9 Å². The number of aryl methyl sites for hydroxylation is 1. The fourth-order valence-corrected chi connectivity index (χ4v) is 2.32. The van der Waals surface area contributed by atoms with E-state index in [0.717, 1.165) is 11.3 Å². The van der Waals surface area contributed by atoms with Gasteiger partial charge < -0.3 is 0 Å². The maximum absolute atomic E-state index is 12.7. The zero-order chi connectivity index (χ0) is 14.8. The number of para-hydroxylation sites is 1. The SMILES string of the molecule is Cc1cccc(C(=O)c2cnnn2-c2ccccc2)c1Cl. The first-order chi connectivity index (χ1) is 10.2. The van der Waals surface area contributed by atoms with Crippen LogP contribution in [0, 0.1) is 6.92 Å². The van der Waals surface area contributed by atoms with E-state index in [-0.39, 0.29) is 5.78 Å². The second kappa shape index (κ2) is 5.50. The molecule has 0 aliphatic carbocycles. The molecule has 1 aromatic heterocycles. The van der Waals surface area contributed by atoms with Gasteiger partial charge in [0.15, 0.2) is 0 Å². The summed E-state index contributed by atoms with van der Waals surface area (Å²) in [5, 5.41) is 8.30. The highest BCUT2D eigenvalue weighted by Gasteiger charge is 2.19. The Morgan fingerprint density at radius 3 is 2.62 bits per heavy atom. The molecule has 21 heavy (non-hydrogen) atoms. The second-order valence-corrected chi connectivity index (χ2v) is 5.01. The Labute approximate surface area is 127 Å². The molecule has 0 saturated heterocycles. The molecule has 0 fully saturated rings. The van der Waals surface area contributed by atoms with E-state index < -0.39 is 0 Å². The van der Waals surface area contributed by atoms with E-state index in [9.17, 15) is 4.79 Å². The van der Waals surface area contributed by atoms with Crippen molar-refractivity contribution in [3.63, 3.8) is 0 Å². The van der Waals surface area contributed by atoms with Gasteiger partial charge in [-0.3, -0.25) is 4.79 Å². The number of halogens is 1. The summed E-state index contributed by atoms with van der Waals surface area (Å²) in [6.45, 7) is 1.87. The number of hydrogen-bond acceptors (Lipinski definition) is 3. The predicted octanol–water partition coefficient (Wildman–Crippen LogP) is 3.46. The van der Waals surface area contributed by atoms with Gasteiger partial charge >= 0.3 is 0 Å². The van der Waals surface area contributed by atoms with Crippen molar-refractivity contribution in [2.24, 2.45) is 0 Å². The van der Waals surface area contributed by atoms with Crippen LogP contribution in [-0.4, -0.2) is 20.8 Å². The van der Waals surface area contributed by atoms with Crippen LogP contribution in [0.4, 0.5) is 0 Å². The fourth-order valence-electron chi connectivity index (χ4n) is 2.11. The van der Waals surface area contributed by atoms with Crippen molar-refractivity contribution in [2.75, 3.05) is 0 Å². The Bertz CT molecular complexity index is 796. The summed E-state index contributed by atoms with van der Waals surface area (Å²) in [6.07, 6.45) is 1.45. The minimum atomic E-state index is -0.197. The van der Waals surface area contributed by atoms with Crippen LogP contribution in [0.3, 0.4) is 0 Å². The first-order valence-corrected chi connectivity index (χ1v) is 6.82. The van der Waals surface area contributed by atoms with Gasteiger partial charge in [-0.25, -0.2) is 4.68 Å². The first-order valence-electron chi connectivity index (χ1n) is 6.44. The van der Waals surface area contributed by atoms with Crippen LogP contribution in [0.25, 0.3) is 5.69 Å². The smallest absolute Gasteiger partial charge is 0.214 e. The van der Waals surface area contributed by atoms with E-state index in [0.29, 0.717) is 16.3 Å². The molecule has 4 nitrogen and oxygen atoms in total. The molecule has 3 aromatic rings. The summed E-state index contributed by atoms with van der Waals surface area (Å²) < 4.78 is 1.51. The quantitative estimate of drug-likeness (QED) is 0.696. The molecule has 0 unspecified atom stereocenters. The Morgan fingerprint density at radius 1 is 1.10 bits per heavy atom. The van der Waals surface area contributed by atoms with Crippen molar-refractivity contribution < 1.29 is 4.79 Å². The van der Waals surface area contributed by atoms with Crippen LogP contribution in [0.15, 0.2) is 54.7 Å². The van der Waals surface area contributed by atoms with E-state index in [1.54, 1.807) is 6.07 Å². The summed E-state index contributed by atoms with van der Waals surface area (Å²) >= 11 is 6.23. The van der Waals surface area contributed by atoms with Gasteiger partial charge in [-0.2, -0.15) is 0 Å². The van der Waals surface area contributed by atoms with Gasteiger partial charge in [0, 0.05) is 5.56 Å². The molecule has 0 bridgehead atoms. The van der Waals surface area contributed by atoms with Crippen molar-refractivity contribution >= 4 is 17.4 Å². The standard InChI is InChI=1S/C16H12ClN3O/c1-11-6-5-9-13(15(11)17)16(21)14-10-18-19-20(14)12-7-3-2-4-8-12/h2-10H,1H3. The van der Waals surface area contributed by atoms with Gasteiger partial charge in [0.1, 0.15) is 5.69 Å². The van der Waals surface area contributed by atoms with E-state index >= 15 is 0 Å². The summed E-state index contributed by atoms with van der Waals surface area (Å²) in [7, 11) is 0. The lowest BCUT2D eigenvalue weighted by molar-refractivity contribution is 0.103. The molecule has 0 amide bonds. The van der Waals surface area contributed by atoms with E-state index in [1.807, 2.05) is 49.4 Å². The Hall–Kier alpha value is -2.46. The van der Waals surface area contributed by atoms with Gasteiger partial charge in [0.2, 0.25) is 5.78 Å². The van der Waals surface area contributed by atoms with Gasteiger partial charge in [0.25, 0.3) is 0 Å². The van der Waals surface area contributed by atoms with E-state index in [2.05, 4.69) is 10.3 Å². The molecule has 0 aliphatic heterocycles. The van der Waals surface area contributed by atoms with Crippen LogP contribution in [0.5, 0.6) is 0 Å². The summed E-state index contributed by atoms with van der Waals surface area (Å²) in [4.78, 5) is 12.7. The molecule has 0 saturated carbocycles. The third kappa shape index (κ3) is 2.45. The lowest BCUT2D eigenvalue weighted by atomic mass is 10.1. The molecule has 1 heterocycles. The Morgan fingerprint density at radius 2 is 1.86 bits per heavy atom. The van der Waals surface area contributed by atoms with Crippen LogP contribution in [0.1, 0.15) is 21.6 Å². The fraction of sp³-hybridized carbons (Fsp3) is 0.0625. The van der Waals surface area contributed by atoms with Crippen LogP contribution >= 0.6 is 11.6 Å². The molecule has 0 N–H and O–H groups in total. The first kappa shape index (κ1) is 13.5. The van der Waals surface area contributed by atoms with Gasteiger partial charge in [0.05, 0.1) is 16.9 Å². The number of hydrogen-bond donors (Lipinski definition) is 0. The number of ketones is 1. The topological polar surface area (TPSA) is 47.8 Å². The Kier molecular flexibility index (Phi) is 3.54. The molecule has 0 spiro atoms. The Balaban J connectivity index is 2.08. The highest BCUT2D eigenvalue weighted by Crippen LogP contribution is 2.23. The second-order valence-electron chi connectivity index (χ2n) is 4.63. The maximum Gasteiger partial charge on any atom is 0.214 e. The minimum Gasteiger partial charge on any atom is -0.287 e. The molecule has 104 valence electrons. The molecular formula is C16H12ClN3O. The van der Waals surface area contributed by atoms with Crippen LogP contribution < -0.4 is 0 Å². The third-order valence-corrected chi connectivity index (χ3v) is 3.72. The molecule has 3 rings (SSSR count). The van der Waals surface area contributed by atoms with Crippen LogP contribution in [-0.2, 0) is 0 Å². The third-order valence-electron chi connectivity index (χ3n) is 3.22.